The number of carbonyl (C=O) groups is 2. The van der Waals surface area contributed by atoms with E-state index in [0.29, 0.717) is 18.9 Å². The molecule has 2 fully saturated rings. The van der Waals surface area contributed by atoms with E-state index < -0.39 is 0 Å². The van der Waals surface area contributed by atoms with Gasteiger partial charge in [0.05, 0.1) is 11.6 Å². The van der Waals surface area contributed by atoms with Crippen LogP contribution in [-0.2, 0) is 9.59 Å². The van der Waals surface area contributed by atoms with Crippen LogP contribution in [0.3, 0.4) is 0 Å². The molecule has 2 amide bonds. The maximum atomic E-state index is 12.7. The highest BCUT2D eigenvalue weighted by Gasteiger charge is 2.38. The van der Waals surface area contributed by atoms with Crippen molar-refractivity contribution in [1.29, 1.82) is 0 Å². The molecule has 1 aromatic rings. The fourth-order valence-corrected chi connectivity index (χ4v) is 3.92. The van der Waals surface area contributed by atoms with E-state index in [0.717, 1.165) is 29.7 Å². The van der Waals surface area contributed by atoms with E-state index >= 15 is 0 Å². The van der Waals surface area contributed by atoms with E-state index in [1.54, 1.807) is 4.90 Å². The molecule has 0 bridgehead atoms. The molecular weight excluding hydrogens is 344 g/mol. The van der Waals surface area contributed by atoms with Gasteiger partial charge < -0.3 is 9.80 Å². The van der Waals surface area contributed by atoms with Crippen molar-refractivity contribution >= 4 is 33.4 Å². The lowest BCUT2D eigenvalue weighted by Crippen LogP contribution is -2.43. The number of hydrogen-bond acceptors (Lipinski definition) is 2. The summed E-state index contributed by atoms with van der Waals surface area (Å²) < 4.78 is 0.892. The quantitative estimate of drug-likeness (QED) is 0.808. The highest BCUT2D eigenvalue weighted by molar-refractivity contribution is 9.10. The van der Waals surface area contributed by atoms with Crippen LogP contribution in [0.2, 0.25) is 0 Å². The molecule has 2 unspecified atom stereocenters. The van der Waals surface area contributed by atoms with Gasteiger partial charge >= 0.3 is 0 Å². The molecule has 22 heavy (non-hydrogen) atoms. The van der Waals surface area contributed by atoms with Gasteiger partial charge in [0, 0.05) is 30.5 Å². The predicted octanol–water partition coefficient (Wildman–Crippen LogP) is 3.06. The highest BCUT2D eigenvalue weighted by Crippen LogP contribution is 2.32. The van der Waals surface area contributed by atoms with Crippen LogP contribution in [0, 0.1) is 11.8 Å². The largest absolute Gasteiger partial charge is 0.342 e. The van der Waals surface area contributed by atoms with Crippen LogP contribution >= 0.6 is 15.9 Å². The zero-order valence-electron chi connectivity index (χ0n) is 12.8. The number of carbonyl (C=O) groups excluding carboxylic acids is 2. The second-order valence-corrected chi connectivity index (χ2v) is 7.24. The zero-order chi connectivity index (χ0) is 15.7. The van der Waals surface area contributed by atoms with E-state index in [1.807, 2.05) is 29.2 Å². The molecule has 3 rings (SSSR count). The van der Waals surface area contributed by atoms with Gasteiger partial charge in [0.1, 0.15) is 0 Å². The predicted molar refractivity (Wildman–Crippen MR) is 89.6 cm³/mol. The summed E-state index contributed by atoms with van der Waals surface area (Å²) in [4.78, 5) is 28.7. The molecule has 0 aliphatic carbocycles. The van der Waals surface area contributed by atoms with Crippen LogP contribution in [0.4, 0.5) is 5.69 Å². The van der Waals surface area contributed by atoms with E-state index in [1.165, 1.54) is 6.42 Å². The lowest BCUT2D eigenvalue weighted by atomic mass is 9.98. The van der Waals surface area contributed by atoms with Gasteiger partial charge in [0.15, 0.2) is 0 Å². The number of benzene rings is 1. The summed E-state index contributed by atoms with van der Waals surface area (Å²) >= 11 is 3.49. The van der Waals surface area contributed by atoms with Crippen molar-refractivity contribution in [3.8, 4) is 0 Å². The number of rotatable bonds is 2. The second-order valence-electron chi connectivity index (χ2n) is 6.39. The number of anilines is 1. The summed E-state index contributed by atoms with van der Waals surface area (Å²) in [6, 6.07) is 7.67. The molecule has 0 radical (unpaired) electrons. The minimum Gasteiger partial charge on any atom is -0.342 e. The van der Waals surface area contributed by atoms with E-state index in [-0.39, 0.29) is 17.7 Å². The molecule has 1 aromatic carbocycles. The van der Waals surface area contributed by atoms with Crippen molar-refractivity contribution < 1.29 is 9.59 Å². The molecule has 0 saturated carbocycles. The second kappa shape index (κ2) is 6.41. The van der Waals surface area contributed by atoms with Gasteiger partial charge in [-0.25, -0.2) is 0 Å². The number of nitrogens with zero attached hydrogens (tertiary/aromatic N) is 2. The summed E-state index contributed by atoms with van der Waals surface area (Å²) in [5.41, 5.74) is 0.856. The maximum absolute atomic E-state index is 12.7. The Morgan fingerprint density at radius 2 is 2.05 bits per heavy atom. The Kier molecular flexibility index (Phi) is 4.52. The van der Waals surface area contributed by atoms with E-state index in [4.69, 9.17) is 0 Å². The Balaban J connectivity index is 1.72. The SMILES string of the molecule is CC1CCCN(C(=O)C2CC(=O)N(c3ccccc3Br)C2)C1. The van der Waals surface area contributed by atoms with Gasteiger partial charge in [-0.05, 0) is 46.8 Å². The van der Waals surface area contributed by atoms with Crippen LogP contribution in [0.1, 0.15) is 26.2 Å². The summed E-state index contributed by atoms with van der Waals surface area (Å²) in [5, 5.41) is 0. The normalized spacial score (nSPS) is 25.6. The first-order valence-electron chi connectivity index (χ1n) is 7.90. The van der Waals surface area contributed by atoms with Crippen molar-refractivity contribution in [2.24, 2.45) is 11.8 Å². The molecule has 4 nitrogen and oxygen atoms in total. The fraction of sp³-hybridized carbons (Fsp3) is 0.529. The Labute approximate surface area is 139 Å². The summed E-state index contributed by atoms with van der Waals surface area (Å²) in [6.07, 6.45) is 2.59. The molecule has 0 spiro atoms. The first-order chi connectivity index (χ1) is 10.6. The minimum absolute atomic E-state index is 0.0373. The van der Waals surface area contributed by atoms with Crippen LogP contribution < -0.4 is 4.90 Å². The Morgan fingerprint density at radius 3 is 2.77 bits per heavy atom. The molecule has 2 atom stereocenters. The van der Waals surface area contributed by atoms with Crippen molar-refractivity contribution in [3.63, 3.8) is 0 Å². The molecule has 0 aromatic heterocycles. The zero-order valence-corrected chi connectivity index (χ0v) is 14.4. The average molecular weight is 365 g/mol. The van der Waals surface area contributed by atoms with E-state index in [9.17, 15) is 9.59 Å². The van der Waals surface area contributed by atoms with Crippen molar-refractivity contribution in [3.05, 3.63) is 28.7 Å². The molecule has 2 aliphatic rings. The molecule has 118 valence electrons. The van der Waals surface area contributed by atoms with Crippen LogP contribution in [0.15, 0.2) is 28.7 Å². The standard InChI is InChI=1S/C17H21BrN2O2/c1-12-5-4-8-19(10-12)17(22)13-9-16(21)20(11-13)15-7-3-2-6-14(15)18/h2-3,6-7,12-13H,4-5,8-11H2,1H3. The van der Waals surface area contributed by atoms with Gasteiger partial charge in [-0.2, -0.15) is 0 Å². The van der Waals surface area contributed by atoms with Crippen LogP contribution in [0.25, 0.3) is 0 Å². The molecule has 5 heteroatoms. The number of hydrogen-bond donors (Lipinski definition) is 0. The lowest BCUT2D eigenvalue weighted by Gasteiger charge is -2.32. The summed E-state index contributed by atoms with van der Waals surface area (Å²) in [6.45, 7) is 4.35. The fourth-order valence-electron chi connectivity index (χ4n) is 3.42. The minimum atomic E-state index is -0.204. The van der Waals surface area contributed by atoms with Crippen LogP contribution in [0.5, 0.6) is 0 Å². The Morgan fingerprint density at radius 1 is 1.27 bits per heavy atom. The summed E-state index contributed by atoms with van der Waals surface area (Å²) in [7, 11) is 0. The number of piperidine rings is 1. The molecule has 2 aliphatic heterocycles. The van der Waals surface area contributed by atoms with Gasteiger partial charge in [-0.15, -0.1) is 0 Å². The van der Waals surface area contributed by atoms with Crippen molar-refractivity contribution in [2.45, 2.75) is 26.2 Å². The van der Waals surface area contributed by atoms with Crippen molar-refractivity contribution in [1.82, 2.24) is 4.90 Å². The highest BCUT2D eigenvalue weighted by atomic mass is 79.9. The van der Waals surface area contributed by atoms with Gasteiger partial charge in [-0.3, -0.25) is 9.59 Å². The third-order valence-corrected chi connectivity index (χ3v) is 5.26. The monoisotopic (exact) mass is 364 g/mol. The molecule has 2 saturated heterocycles. The number of para-hydroxylation sites is 1. The van der Waals surface area contributed by atoms with Gasteiger partial charge in [-0.1, -0.05) is 19.1 Å². The third kappa shape index (κ3) is 3.05. The smallest absolute Gasteiger partial charge is 0.228 e. The number of amides is 2. The Bertz CT molecular complexity index is 590. The van der Waals surface area contributed by atoms with Gasteiger partial charge in [0.25, 0.3) is 0 Å². The Hall–Kier alpha value is -1.36. The number of halogens is 1. The molecule has 2 heterocycles. The van der Waals surface area contributed by atoms with Crippen LogP contribution in [-0.4, -0.2) is 36.3 Å². The topological polar surface area (TPSA) is 40.6 Å². The van der Waals surface area contributed by atoms with Crippen molar-refractivity contribution in [2.75, 3.05) is 24.5 Å². The average Bonchev–Trinajstić information content (AvgIpc) is 2.89. The summed E-state index contributed by atoms with van der Waals surface area (Å²) in [5.74, 6) is 0.545. The third-order valence-electron chi connectivity index (χ3n) is 4.59. The van der Waals surface area contributed by atoms with Gasteiger partial charge in [0.2, 0.25) is 11.8 Å². The molecular formula is C17H21BrN2O2. The van der Waals surface area contributed by atoms with E-state index in [2.05, 4.69) is 22.9 Å². The first kappa shape index (κ1) is 15.5. The first-order valence-corrected chi connectivity index (χ1v) is 8.69. The lowest BCUT2D eigenvalue weighted by molar-refractivity contribution is -0.137. The molecule has 0 N–H and O–H groups in total. The number of likely N-dealkylation sites (tertiary alicyclic amines) is 1. The maximum Gasteiger partial charge on any atom is 0.228 e.